The molecule has 3 nitrogen and oxygen atoms in total. The fourth-order valence-electron chi connectivity index (χ4n) is 2.53. The van der Waals surface area contributed by atoms with Crippen LogP contribution in [0.15, 0.2) is 0 Å². The fourth-order valence-corrected chi connectivity index (χ4v) is 2.53. The average Bonchev–Trinajstić information content (AvgIpc) is 2.28. The van der Waals surface area contributed by atoms with Crippen LogP contribution in [0.3, 0.4) is 0 Å². The van der Waals surface area contributed by atoms with E-state index >= 15 is 0 Å². The van der Waals surface area contributed by atoms with Gasteiger partial charge in [0.15, 0.2) is 0 Å². The van der Waals surface area contributed by atoms with Crippen LogP contribution < -0.4 is 5.73 Å². The molecule has 1 fully saturated rings. The van der Waals surface area contributed by atoms with Gasteiger partial charge in [-0.1, -0.05) is 26.7 Å². The first kappa shape index (κ1) is 16.7. The quantitative estimate of drug-likeness (QED) is 0.847. The van der Waals surface area contributed by atoms with Crippen molar-refractivity contribution in [2.45, 2.75) is 58.4 Å². The summed E-state index contributed by atoms with van der Waals surface area (Å²) >= 11 is 0. The topological polar surface area (TPSA) is 46.3 Å². The Labute approximate surface area is 112 Å². The van der Waals surface area contributed by atoms with Crippen LogP contribution in [0.1, 0.15) is 52.9 Å². The van der Waals surface area contributed by atoms with Crippen molar-refractivity contribution in [3.8, 4) is 0 Å². The van der Waals surface area contributed by atoms with Crippen molar-refractivity contribution in [1.29, 1.82) is 0 Å². The van der Waals surface area contributed by atoms with Gasteiger partial charge in [0.2, 0.25) is 5.91 Å². The molecule has 0 aromatic carbocycles. The molecule has 1 heterocycles. The molecule has 1 amide bonds. The summed E-state index contributed by atoms with van der Waals surface area (Å²) in [4.78, 5) is 14.2. The lowest BCUT2D eigenvalue weighted by Crippen LogP contribution is -2.54. The summed E-state index contributed by atoms with van der Waals surface area (Å²) in [7, 11) is 0. The van der Waals surface area contributed by atoms with Crippen LogP contribution in [0.25, 0.3) is 0 Å². The Kier molecular flexibility index (Phi) is 7.10. The van der Waals surface area contributed by atoms with Gasteiger partial charge in [-0.05, 0) is 32.1 Å². The molecule has 1 aliphatic heterocycles. The molecule has 0 bridgehead atoms. The Morgan fingerprint density at radius 1 is 1.35 bits per heavy atom. The minimum absolute atomic E-state index is 0. The second kappa shape index (κ2) is 7.22. The van der Waals surface area contributed by atoms with Crippen LogP contribution in [0.2, 0.25) is 0 Å². The Morgan fingerprint density at radius 3 is 2.29 bits per heavy atom. The maximum atomic E-state index is 12.2. The fraction of sp³-hybridized carbons (Fsp3) is 0.923. The van der Waals surface area contributed by atoms with Gasteiger partial charge in [0.25, 0.3) is 0 Å². The van der Waals surface area contributed by atoms with Gasteiger partial charge in [0.05, 0.1) is 5.54 Å². The summed E-state index contributed by atoms with van der Waals surface area (Å²) in [5.41, 5.74) is 5.42. The summed E-state index contributed by atoms with van der Waals surface area (Å²) in [6.45, 7) is 7.96. The molecule has 1 aliphatic rings. The SMILES string of the molecule is CCCC(C)(N)C(=O)N1CCC(CC)CC1.Cl. The van der Waals surface area contributed by atoms with E-state index in [1.165, 1.54) is 6.42 Å². The van der Waals surface area contributed by atoms with Crippen molar-refractivity contribution in [3.05, 3.63) is 0 Å². The number of halogens is 1. The highest BCUT2D eigenvalue weighted by atomic mass is 35.5. The Hall–Kier alpha value is -0.280. The highest BCUT2D eigenvalue weighted by Gasteiger charge is 2.33. The molecule has 0 saturated carbocycles. The van der Waals surface area contributed by atoms with E-state index < -0.39 is 5.54 Å². The summed E-state index contributed by atoms with van der Waals surface area (Å²) in [6, 6.07) is 0. The highest BCUT2D eigenvalue weighted by molar-refractivity contribution is 5.86. The minimum atomic E-state index is -0.659. The van der Waals surface area contributed by atoms with E-state index in [4.69, 9.17) is 5.73 Å². The van der Waals surface area contributed by atoms with Crippen molar-refractivity contribution in [2.24, 2.45) is 11.7 Å². The van der Waals surface area contributed by atoms with E-state index in [1.54, 1.807) is 0 Å². The first-order valence-electron chi connectivity index (χ1n) is 6.59. The van der Waals surface area contributed by atoms with Gasteiger partial charge in [0.1, 0.15) is 0 Å². The molecule has 0 spiro atoms. The molecule has 17 heavy (non-hydrogen) atoms. The number of nitrogens with two attached hydrogens (primary N) is 1. The van der Waals surface area contributed by atoms with E-state index in [1.807, 2.05) is 11.8 Å². The molecule has 1 rings (SSSR count). The molecule has 0 radical (unpaired) electrons. The molecule has 2 N–H and O–H groups in total. The second-order valence-electron chi connectivity index (χ2n) is 5.31. The van der Waals surface area contributed by atoms with Crippen molar-refractivity contribution < 1.29 is 4.79 Å². The number of rotatable bonds is 4. The zero-order valence-corrected chi connectivity index (χ0v) is 12.2. The molecule has 4 heteroatoms. The van der Waals surface area contributed by atoms with Crippen LogP contribution in [0, 0.1) is 5.92 Å². The highest BCUT2D eigenvalue weighted by Crippen LogP contribution is 2.22. The van der Waals surface area contributed by atoms with Crippen LogP contribution in [-0.2, 0) is 4.79 Å². The average molecular weight is 263 g/mol. The van der Waals surface area contributed by atoms with E-state index in [2.05, 4.69) is 13.8 Å². The zero-order chi connectivity index (χ0) is 12.2. The largest absolute Gasteiger partial charge is 0.341 e. The predicted octanol–water partition coefficient (Wildman–Crippen LogP) is 2.57. The van der Waals surface area contributed by atoms with Gasteiger partial charge < -0.3 is 10.6 Å². The molecular weight excluding hydrogens is 236 g/mol. The molecule has 0 aromatic heterocycles. The van der Waals surface area contributed by atoms with Crippen molar-refractivity contribution in [2.75, 3.05) is 13.1 Å². The lowest BCUT2D eigenvalue weighted by molar-refractivity contribution is -0.138. The number of hydrogen-bond donors (Lipinski definition) is 1. The molecule has 0 aliphatic carbocycles. The van der Waals surface area contributed by atoms with Gasteiger partial charge in [-0.15, -0.1) is 12.4 Å². The van der Waals surface area contributed by atoms with E-state index in [9.17, 15) is 4.79 Å². The van der Waals surface area contributed by atoms with Crippen LogP contribution in [0.4, 0.5) is 0 Å². The number of amides is 1. The molecule has 1 atom stereocenters. The lowest BCUT2D eigenvalue weighted by atomic mass is 9.91. The normalized spacial score (nSPS) is 20.6. The summed E-state index contributed by atoms with van der Waals surface area (Å²) in [6.07, 6.45) is 5.26. The maximum absolute atomic E-state index is 12.2. The number of hydrogen-bond acceptors (Lipinski definition) is 2. The first-order valence-corrected chi connectivity index (χ1v) is 6.59. The Bertz CT molecular complexity index is 236. The van der Waals surface area contributed by atoms with E-state index in [-0.39, 0.29) is 18.3 Å². The third kappa shape index (κ3) is 4.47. The third-order valence-corrected chi connectivity index (χ3v) is 3.74. The smallest absolute Gasteiger partial charge is 0.242 e. The molecular formula is C13H27ClN2O. The Balaban J connectivity index is 0.00000256. The minimum Gasteiger partial charge on any atom is -0.341 e. The summed E-state index contributed by atoms with van der Waals surface area (Å²) < 4.78 is 0. The number of likely N-dealkylation sites (tertiary alicyclic amines) is 1. The molecule has 1 unspecified atom stereocenters. The number of carbonyl (C=O) groups excluding carboxylic acids is 1. The molecule has 1 saturated heterocycles. The third-order valence-electron chi connectivity index (χ3n) is 3.74. The van der Waals surface area contributed by atoms with Gasteiger partial charge in [0, 0.05) is 13.1 Å². The maximum Gasteiger partial charge on any atom is 0.242 e. The van der Waals surface area contributed by atoms with E-state index in [0.29, 0.717) is 0 Å². The summed E-state index contributed by atoms with van der Waals surface area (Å²) in [5, 5.41) is 0. The van der Waals surface area contributed by atoms with Gasteiger partial charge in [-0.3, -0.25) is 4.79 Å². The van der Waals surface area contributed by atoms with Crippen molar-refractivity contribution >= 4 is 18.3 Å². The Morgan fingerprint density at radius 2 is 1.88 bits per heavy atom. The van der Waals surface area contributed by atoms with Crippen molar-refractivity contribution in [1.82, 2.24) is 4.90 Å². The number of nitrogens with zero attached hydrogens (tertiary/aromatic N) is 1. The zero-order valence-electron chi connectivity index (χ0n) is 11.4. The second-order valence-corrected chi connectivity index (χ2v) is 5.31. The van der Waals surface area contributed by atoms with Gasteiger partial charge >= 0.3 is 0 Å². The van der Waals surface area contributed by atoms with Gasteiger partial charge in [-0.25, -0.2) is 0 Å². The van der Waals surface area contributed by atoms with E-state index in [0.717, 1.165) is 44.7 Å². The van der Waals surface area contributed by atoms with Crippen molar-refractivity contribution in [3.63, 3.8) is 0 Å². The number of piperidine rings is 1. The molecule has 102 valence electrons. The lowest BCUT2D eigenvalue weighted by Gasteiger charge is -2.36. The monoisotopic (exact) mass is 262 g/mol. The van der Waals surface area contributed by atoms with Crippen LogP contribution in [0.5, 0.6) is 0 Å². The first-order chi connectivity index (χ1) is 7.51. The van der Waals surface area contributed by atoms with Gasteiger partial charge in [-0.2, -0.15) is 0 Å². The number of carbonyl (C=O) groups is 1. The van der Waals surface area contributed by atoms with Crippen LogP contribution in [-0.4, -0.2) is 29.4 Å². The van der Waals surface area contributed by atoms with Crippen LogP contribution >= 0.6 is 12.4 Å². The summed E-state index contributed by atoms with van der Waals surface area (Å²) in [5.74, 6) is 0.947. The molecule has 0 aromatic rings. The standard InChI is InChI=1S/C13H26N2O.ClH/c1-4-8-13(3,14)12(16)15-9-6-11(5-2)7-10-15;/h11H,4-10,14H2,1-3H3;1H. The predicted molar refractivity (Wildman–Crippen MR) is 74.3 cm³/mol.